The highest BCUT2D eigenvalue weighted by atomic mass is 16.4. The van der Waals surface area contributed by atoms with Crippen LogP contribution < -0.4 is 10.6 Å². The zero-order valence-electron chi connectivity index (χ0n) is 21.4. The van der Waals surface area contributed by atoms with Gasteiger partial charge in [-0.1, -0.05) is 38.1 Å². The lowest BCUT2D eigenvalue weighted by atomic mass is 9.99. The van der Waals surface area contributed by atoms with E-state index >= 15 is 0 Å². The molecule has 0 bridgehead atoms. The summed E-state index contributed by atoms with van der Waals surface area (Å²) < 4.78 is 0. The number of nitrogens with one attached hydrogen (secondary N) is 2. The van der Waals surface area contributed by atoms with Crippen LogP contribution >= 0.6 is 0 Å². The van der Waals surface area contributed by atoms with Gasteiger partial charge in [-0.3, -0.25) is 29.0 Å². The number of aldehydes is 1. The number of hydrogen-bond acceptors (Lipinski definition) is 7. The molecule has 1 aromatic heterocycles. The minimum Gasteiger partial charge on any atom is -0.481 e. The summed E-state index contributed by atoms with van der Waals surface area (Å²) in [5.41, 5.74) is 0.153. The van der Waals surface area contributed by atoms with Gasteiger partial charge in [0, 0.05) is 31.6 Å². The lowest BCUT2D eigenvalue weighted by Gasteiger charge is -2.42. The van der Waals surface area contributed by atoms with Crippen LogP contribution in [-0.4, -0.2) is 93.5 Å². The summed E-state index contributed by atoms with van der Waals surface area (Å²) in [6, 6.07) is 5.46. The monoisotopic (exact) mass is 525 g/mol. The molecular formula is C26H31N5O7. The summed E-state index contributed by atoms with van der Waals surface area (Å²) in [5, 5.41) is 15.5. The molecule has 0 aliphatic carbocycles. The van der Waals surface area contributed by atoms with E-state index < -0.39 is 48.2 Å². The first-order chi connectivity index (χ1) is 18.0. The molecular weight excluding hydrogens is 494 g/mol. The van der Waals surface area contributed by atoms with Crippen molar-refractivity contribution in [2.24, 2.45) is 5.92 Å². The summed E-state index contributed by atoms with van der Waals surface area (Å²) >= 11 is 0. The van der Waals surface area contributed by atoms with Crippen molar-refractivity contribution in [1.29, 1.82) is 0 Å². The molecule has 4 amide bonds. The number of carbonyl (C=O) groups is 6. The third-order valence-corrected chi connectivity index (χ3v) is 6.41. The fourth-order valence-corrected chi connectivity index (χ4v) is 4.36. The van der Waals surface area contributed by atoms with Crippen LogP contribution in [0.2, 0.25) is 0 Å². The molecule has 1 saturated heterocycles. The van der Waals surface area contributed by atoms with Gasteiger partial charge in [-0.05, 0) is 17.4 Å². The van der Waals surface area contributed by atoms with Gasteiger partial charge in [0.15, 0.2) is 0 Å². The minimum absolute atomic E-state index is 0.00674. The number of rotatable bonds is 9. The number of fused-ring (bicyclic) bond motifs is 1. The SMILES string of the molecule is CC(=O)N1CCN(C(=O)[C@@H](NC(=O)c2nccc3ccccc23)C(C)C)[C@H](C(=O)N[C@H](C=O)CC(=O)O)C1. The smallest absolute Gasteiger partial charge is 0.305 e. The van der Waals surface area contributed by atoms with Crippen LogP contribution in [0.4, 0.5) is 0 Å². The Balaban J connectivity index is 1.86. The molecule has 0 spiro atoms. The molecule has 12 nitrogen and oxygen atoms in total. The first kappa shape index (κ1) is 28.2. The number of amides is 4. The Morgan fingerprint density at radius 3 is 2.45 bits per heavy atom. The number of carbonyl (C=O) groups excluding carboxylic acids is 5. The normalized spacial score (nSPS) is 17.0. The summed E-state index contributed by atoms with van der Waals surface area (Å²) in [5.74, 6) is -3.83. The average Bonchev–Trinajstić information content (AvgIpc) is 2.89. The molecule has 12 heteroatoms. The van der Waals surface area contributed by atoms with E-state index in [0.29, 0.717) is 11.7 Å². The Hall–Kier alpha value is -4.35. The maximum atomic E-state index is 13.7. The average molecular weight is 526 g/mol. The van der Waals surface area contributed by atoms with E-state index in [1.807, 2.05) is 12.1 Å². The zero-order chi connectivity index (χ0) is 28.0. The van der Waals surface area contributed by atoms with Gasteiger partial charge < -0.3 is 30.3 Å². The number of carboxylic acid groups (broad SMARTS) is 1. The Morgan fingerprint density at radius 1 is 1.11 bits per heavy atom. The van der Waals surface area contributed by atoms with Crippen molar-refractivity contribution in [3.8, 4) is 0 Å². The van der Waals surface area contributed by atoms with Crippen LogP contribution in [0.15, 0.2) is 36.5 Å². The Kier molecular flexibility index (Phi) is 9.11. The second kappa shape index (κ2) is 12.3. The number of benzene rings is 1. The largest absolute Gasteiger partial charge is 0.481 e. The van der Waals surface area contributed by atoms with Gasteiger partial charge in [0.1, 0.15) is 24.1 Å². The maximum Gasteiger partial charge on any atom is 0.305 e. The number of carboxylic acids is 1. The summed E-state index contributed by atoms with van der Waals surface area (Å²) in [6.45, 7) is 4.85. The van der Waals surface area contributed by atoms with E-state index in [4.69, 9.17) is 5.11 Å². The zero-order valence-corrected chi connectivity index (χ0v) is 21.4. The first-order valence-corrected chi connectivity index (χ1v) is 12.2. The molecule has 3 N–H and O–H groups in total. The van der Waals surface area contributed by atoms with Gasteiger partial charge >= 0.3 is 5.97 Å². The van der Waals surface area contributed by atoms with Crippen LogP contribution in [0.5, 0.6) is 0 Å². The highest BCUT2D eigenvalue weighted by Crippen LogP contribution is 2.19. The van der Waals surface area contributed by atoms with Crippen molar-refractivity contribution in [1.82, 2.24) is 25.4 Å². The van der Waals surface area contributed by atoms with Crippen LogP contribution in [0.1, 0.15) is 37.7 Å². The molecule has 1 aromatic carbocycles. The van der Waals surface area contributed by atoms with Crippen LogP contribution in [0.3, 0.4) is 0 Å². The molecule has 3 atom stereocenters. The molecule has 1 fully saturated rings. The summed E-state index contributed by atoms with van der Waals surface area (Å²) in [6.07, 6.45) is 1.18. The van der Waals surface area contributed by atoms with Crippen LogP contribution in [-0.2, 0) is 24.0 Å². The molecule has 2 heterocycles. The topological polar surface area (TPSA) is 166 Å². The number of hydrogen-bond donors (Lipinski definition) is 3. The fourth-order valence-electron chi connectivity index (χ4n) is 4.36. The molecule has 1 aliphatic rings. The van der Waals surface area contributed by atoms with Gasteiger partial charge in [-0.15, -0.1) is 0 Å². The number of aromatic nitrogens is 1. The van der Waals surface area contributed by atoms with E-state index in [-0.39, 0.29) is 37.2 Å². The highest BCUT2D eigenvalue weighted by Gasteiger charge is 2.40. The Morgan fingerprint density at radius 2 is 1.82 bits per heavy atom. The lowest BCUT2D eigenvalue weighted by molar-refractivity contribution is -0.150. The number of piperazine rings is 1. The van der Waals surface area contributed by atoms with Crippen molar-refractivity contribution in [2.45, 2.75) is 45.3 Å². The predicted molar refractivity (Wildman–Crippen MR) is 136 cm³/mol. The number of pyridine rings is 1. The van der Waals surface area contributed by atoms with Gasteiger partial charge in [0.25, 0.3) is 5.91 Å². The highest BCUT2D eigenvalue weighted by molar-refractivity contribution is 6.06. The van der Waals surface area contributed by atoms with Crippen LogP contribution in [0, 0.1) is 5.92 Å². The summed E-state index contributed by atoms with van der Waals surface area (Å²) in [4.78, 5) is 81.3. The fraction of sp³-hybridized carbons (Fsp3) is 0.423. The van der Waals surface area contributed by atoms with E-state index in [2.05, 4.69) is 15.6 Å². The molecule has 0 radical (unpaired) electrons. The van der Waals surface area contributed by atoms with Gasteiger partial charge in [0.2, 0.25) is 17.7 Å². The quantitative estimate of drug-likeness (QED) is 0.391. The Bertz CT molecular complexity index is 1240. The van der Waals surface area contributed by atoms with Gasteiger partial charge in [-0.2, -0.15) is 0 Å². The molecule has 3 rings (SSSR count). The molecule has 202 valence electrons. The first-order valence-electron chi connectivity index (χ1n) is 12.2. The lowest BCUT2D eigenvalue weighted by Crippen LogP contribution is -2.65. The third-order valence-electron chi connectivity index (χ3n) is 6.41. The standard InChI is InChI=1S/C26H31N5O7/c1-15(2)22(29-25(37)23-19-7-5-4-6-17(19)8-9-27-23)26(38)31-11-10-30(16(3)33)13-20(31)24(36)28-18(14-32)12-21(34)35/h4-9,14-15,18,20,22H,10-13H2,1-3H3,(H,28,36)(H,29,37)(H,34,35)/t18-,20-,22-/m0/s1. The number of nitrogens with zero attached hydrogens (tertiary/aromatic N) is 3. The maximum absolute atomic E-state index is 13.7. The molecule has 0 saturated carbocycles. The van der Waals surface area contributed by atoms with Crippen molar-refractivity contribution in [3.63, 3.8) is 0 Å². The third kappa shape index (κ3) is 6.50. The van der Waals surface area contributed by atoms with E-state index in [0.717, 1.165) is 5.39 Å². The summed E-state index contributed by atoms with van der Waals surface area (Å²) in [7, 11) is 0. The Labute approximate surface area is 219 Å². The molecule has 38 heavy (non-hydrogen) atoms. The van der Waals surface area contributed by atoms with E-state index in [9.17, 15) is 28.8 Å². The minimum atomic E-state index is -1.30. The van der Waals surface area contributed by atoms with Crippen molar-refractivity contribution in [3.05, 3.63) is 42.2 Å². The van der Waals surface area contributed by atoms with Crippen molar-refractivity contribution < 1.29 is 33.9 Å². The van der Waals surface area contributed by atoms with E-state index in [1.54, 1.807) is 32.0 Å². The molecule has 2 aromatic rings. The predicted octanol–water partition coefficient (Wildman–Crippen LogP) is 0.207. The second-order valence-corrected chi connectivity index (χ2v) is 9.44. The van der Waals surface area contributed by atoms with Crippen LogP contribution in [0.25, 0.3) is 10.8 Å². The van der Waals surface area contributed by atoms with Gasteiger partial charge in [-0.25, -0.2) is 0 Å². The van der Waals surface area contributed by atoms with E-state index in [1.165, 1.54) is 22.9 Å². The second-order valence-electron chi connectivity index (χ2n) is 9.44. The van der Waals surface area contributed by atoms with Crippen molar-refractivity contribution >= 4 is 46.7 Å². The number of aliphatic carboxylic acids is 1. The molecule has 0 unspecified atom stereocenters. The van der Waals surface area contributed by atoms with Gasteiger partial charge in [0.05, 0.1) is 19.0 Å². The van der Waals surface area contributed by atoms with Crippen molar-refractivity contribution in [2.75, 3.05) is 19.6 Å². The molecule has 1 aliphatic heterocycles.